The second-order valence-corrected chi connectivity index (χ2v) is 5.27. The first-order valence-corrected chi connectivity index (χ1v) is 6.61. The summed E-state index contributed by atoms with van der Waals surface area (Å²) in [5.41, 5.74) is 0. The van der Waals surface area contributed by atoms with E-state index in [0.717, 1.165) is 6.42 Å². The second-order valence-electron chi connectivity index (χ2n) is 4.35. The first-order chi connectivity index (χ1) is 8.60. The Morgan fingerprint density at radius 1 is 1.61 bits per heavy atom. The van der Waals surface area contributed by atoms with E-state index < -0.39 is 5.97 Å². The number of likely N-dealkylation sites (tertiary alicyclic amines) is 1. The fourth-order valence-corrected chi connectivity index (χ4v) is 2.95. The average Bonchev–Trinajstić information content (AvgIpc) is 2.95. The maximum Gasteiger partial charge on any atom is 0.303 e. The molecule has 6 heteroatoms. The third kappa shape index (κ3) is 2.81. The number of thiophene rings is 1. The molecule has 0 bridgehead atoms. The summed E-state index contributed by atoms with van der Waals surface area (Å²) in [7, 11) is 1.56. The molecule has 1 saturated heterocycles. The van der Waals surface area contributed by atoms with Crippen molar-refractivity contribution in [1.82, 2.24) is 4.90 Å². The Morgan fingerprint density at radius 3 is 3.00 bits per heavy atom. The molecule has 1 aromatic rings. The molecule has 1 atom stereocenters. The molecule has 1 unspecified atom stereocenters. The van der Waals surface area contributed by atoms with Crippen LogP contribution in [0.4, 0.5) is 0 Å². The lowest BCUT2D eigenvalue weighted by molar-refractivity contribution is -0.138. The van der Waals surface area contributed by atoms with Crippen LogP contribution in [-0.4, -0.2) is 42.1 Å². The number of carbonyl (C=O) groups excluding carboxylic acids is 1. The average molecular weight is 269 g/mol. The normalized spacial score (nSPS) is 18.9. The molecule has 5 nitrogen and oxygen atoms in total. The van der Waals surface area contributed by atoms with E-state index in [1.807, 2.05) is 0 Å². The third-order valence-electron chi connectivity index (χ3n) is 3.06. The molecule has 1 N–H and O–H groups in total. The van der Waals surface area contributed by atoms with Crippen molar-refractivity contribution in [2.45, 2.75) is 12.8 Å². The largest absolute Gasteiger partial charge is 0.496 e. The van der Waals surface area contributed by atoms with Gasteiger partial charge in [0.1, 0.15) is 5.75 Å². The van der Waals surface area contributed by atoms with E-state index >= 15 is 0 Å². The highest BCUT2D eigenvalue weighted by atomic mass is 32.1. The molecule has 1 fully saturated rings. The van der Waals surface area contributed by atoms with Gasteiger partial charge in [0, 0.05) is 31.0 Å². The number of ether oxygens (including phenoxy) is 1. The maximum atomic E-state index is 12.1. The summed E-state index contributed by atoms with van der Waals surface area (Å²) in [6.45, 7) is 1.17. The fourth-order valence-electron chi connectivity index (χ4n) is 2.12. The number of hydrogen-bond donors (Lipinski definition) is 1. The minimum Gasteiger partial charge on any atom is -0.496 e. The molecule has 0 spiro atoms. The molecule has 0 aromatic carbocycles. The van der Waals surface area contributed by atoms with Crippen LogP contribution in [-0.2, 0) is 4.79 Å². The highest BCUT2D eigenvalue weighted by molar-refractivity contribution is 7.12. The van der Waals surface area contributed by atoms with Gasteiger partial charge in [-0.3, -0.25) is 9.59 Å². The number of nitrogens with zero attached hydrogens (tertiary/aromatic N) is 1. The minimum absolute atomic E-state index is 0.0313. The zero-order valence-corrected chi connectivity index (χ0v) is 10.9. The standard InChI is InChI=1S/C12H15NO4S/c1-17-9-5-10(18-7-9)12(16)13-3-2-8(6-13)4-11(14)15/h5,7-8H,2-4,6H2,1H3,(H,14,15). The molecule has 2 heterocycles. The molecule has 1 aliphatic heterocycles. The van der Waals surface area contributed by atoms with Gasteiger partial charge in [0.15, 0.2) is 0 Å². The van der Waals surface area contributed by atoms with Gasteiger partial charge in [-0.25, -0.2) is 0 Å². The van der Waals surface area contributed by atoms with E-state index in [-0.39, 0.29) is 18.2 Å². The van der Waals surface area contributed by atoms with Crippen molar-refractivity contribution < 1.29 is 19.4 Å². The van der Waals surface area contributed by atoms with Gasteiger partial charge in [0.05, 0.1) is 12.0 Å². The molecular formula is C12H15NO4S. The molecule has 0 aliphatic carbocycles. The SMILES string of the molecule is COc1csc(C(=O)N2CCC(CC(=O)O)C2)c1. The van der Waals surface area contributed by atoms with Crippen molar-refractivity contribution in [3.8, 4) is 5.75 Å². The lowest BCUT2D eigenvalue weighted by atomic mass is 10.1. The summed E-state index contributed by atoms with van der Waals surface area (Å²) >= 11 is 1.35. The van der Waals surface area contributed by atoms with Crippen LogP contribution >= 0.6 is 11.3 Å². The van der Waals surface area contributed by atoms with Gasteiger partial charge < -0.3 is 14.7 Å². The van der Waals surface area contributed by atoms with Crippen LogP contribution in [0, 0.1) is 5.92 Å². The van der Waals surface area contributed by atoms with Crippen molar-refractivity contribution >= 4 is 23.2 Å². The zero-order valence-electron chi connectivity index (χ0n) is 10.1. The van der Waals surface area contributed by atoms with Gasteiger partial charge in [-0.05, 0) is 12.3 Å². The molecule has 18 heavy (non-hydrogen) atoms. The van der Waals surface area contributed by atoms with Gasteiger partial charge in [-0.1, -0.05) is 0 Å². The van der Waals surface area contributed by atoms with E-state index in [1.54, 1.807) is 23.5 Å². The van der Waals surface area contributed by atoms with Crippen LogP contribution in [0.15, 0.2) is 11.4 Å². The second kappa shape index (κ2) is 5.39. The van der Waals surface area contributed by atoms with Crippen LogP contribution in [0.5, 0.6) is 5.75 Å². The summed E-state index contributed by atoms with van der Waals surface area (Å²) in [5, 5.41) is 10.5. The summed E-state index contributed by atoms with van der Waals surface area (Å²) in [6, 6.07) is 1.72. The molecule has 1 amide bonds. The number of carbonyl (C=O) groups is 2. The zero-order chi connectivity index (χ0) is 13.1. The number of hydrogen-bond acceptors (Lipinski definition) is 4. The Morgan fingerprint density at radius 2 is 2.39 bits per heavy atom. The maximum absolute atomic E-state index is 12.1. The number of aliphatic carboxylic acids is 1. The highest BCUT2D eigenvalue weighted by Crippen LogP contribution is 2.26. The first kappa shape index (κ1) is 12.9. The van der Waals surface area contributed by atoms with Crippen LogP contribution in [0.2, 0.25) is 0 Å². The Balaban J connectivity index is 1.96. The van der Waals surface area contributed by atoms with Crippen molar-refractivity contribution in [1.29, 1.82) is 0 Å². The fraction of sp³-hybridized carbons (Fsp3) is 0.500. The molecular weight excluding hydrogens is 254 g/mol. The Kier molecular flexibility index (Phi) is 3.86. The lowest BCUT2D eigenvalue weighted by Crippen LogP contribution is -2.28. The number of amides is 1. The molecule has 98 valence electrons. The van der Waals surface area contributed by atoms with E-state index in [4.69, 9.17) is 9.84 Å². The number of rotatable bonds is 4. The highest BCUT2D eigenvalue weighted by Gasteiger charge is 2.28. The quantitative estimate of drug-likeness (QED) is 0.903. The van der Waals surface area contributed by atoms with E-state index in [9.17, 15) is 9.59 Å². The van der Waals surface area contributed by atoms with Crippen molar-refractivity contribution in [2.75, 3.05) is 20.2 Å². The van der Waals surface area contributed by atoms with Gasteiger partial charge in [-0.2, -0.15) is 0 Å². The summed E-state index contributed by atoms with van der Waals surface area (Å²) < 4.78 is 5.04. The van der Waals surface area contributed by atoms with Crippen LogP contribution in [0.1, 0.15) is 22.5 Å². The molecule has 0 saturated carbocycles. The predicted octanol–water partition coefficient (Wildman–Crippen LogP) is 1.69. The van der Waals surface area contributed by atoms with E-state index in [2.05, 4.69) is 0 Å². The Labute approximate surface area is 109 Å². The number of carboxylic acids is 1. The third-order valence-corrected chi connectivity index (χ3v) is 3.95. The van der Waals surface area contributed by atoms with Crippen LogP contribution in [0.3, 0.4) is 0 Å². The lowest BCUT2D eigenvalue weighted by Gasteiger charge is -2.14. The molecule has 1 aromatic heterocycles. The van der Waals surface area contributed by atoms with Gasteiger partial charge in [0.2, 0.25) is 0 Å². The van der Waals surface area contributed by atoms with Crippen molar-refractivity contribution in [3.05, 3.63) is 16.3 Å². The molecule has 2 rings (SSSR count). The van der Waals surface area contributed by atoms with Crippen molar-refractivity contribution in [3.63, 3.8) is 0 Å². The minimum atomic E-state index is -0.799. The summed E-state index contributed by atoms with van der Waals surface area (Å²) in [4.78, 5) is 25.1. The summed E-state index contributed by atoms with van der Waals surface area (Å²) in [6.07, 6.45) is 0.901. The monoisotopic (exact) mass is 269 g/mol. The molecule has 0 radical (unpaired) electrons. The molecule has 1 aliphatic rings. The predicted molar refractivity (Wildman–Crippen MR) is 67.1 cm³/mol. The Bertz CT molecular complexity index is 457. The van der Waals surface area contributed by atoms with Gasteiger partial charge in [0.25, 0.3) is 5.91 Å². The first-order valence-electron chi connectivity index (χ1n) is 5.73. The van der Waals surface area contributed by atoms with E-state index in [1.165, 1.54) is 11.3 Å². The Hall–Kier alpha value is -1.56. The van der Waals surface area contributed by atoms with Crippen molar-refractivity contribution in [2.24, 2.45) is 5.92 Å². The van der Waals surface area contributed by atoms with E-state index in [0.29, 0.717) is 23.7 Å². The van der Waals surface area contributed by atoms with Crippen LogP contribution in [0.25, 0.3) is 0 Å². The van der Waals surface area contributed by atoms with Gasteiger partial charge in [-0.15, -0.1) is 11.3 Å². The van der Waals surface area contributed by atoms with Crippen LogP contribution < -0.4 is 4.74 Å². The van der Waals surface area contributed by atoms with Gasteiger partial charge >= 0.3 is 5.97 Å². The summed E-state index contributed by atoms with van der Waals surface area (Å²) in [5.74, 6) is -0.0683. The number of methoxy groups -OCH3 is 1. The topological polar surface area (TPSA) is 66.8 Å². The smallest absolute Gasteiger partial charge is 0.303 e. The number of carboxylic acid groups (broad SMARTS) is 1.